The van der Waals surface area contributed by atoms with Gasteiger partial charge in [-0.2, -0.15) is 0 Å². The highest BCUT2D eigenvalue weighted by molar-refractivity contribution is 6.34. The molecule has 0 aromatic heterocycles. The molecule has 2 aromatic carbocycles. The maximum absolute atomic E-state index is 6.20. The first kappa shape index (κ1) is 9.26. The van der Waals surface area contributed by atoms with Gasteiger partial charge in [-0.15, -0.1) is 0 Å². The second-order valence-corrected chi connectivity index (χ2v) is 4.60. The first-order chi connectivity index (χ1) is 7.25. The van der Waals surface area contributed by atoms with Crippen molar-refractivity contribution in [1.82, 2.24) is 0 Å². The predicted octanol–water partition coefficient (Wildman–Crippen LogP) is 4.56. The van der Waals surface area contributed by atoms with E-state index in [4.69, 9.17) is 23.2 Å². The maximum atomic E-state index is 6.20. The van der Waals surface area contributed by atoms with Gasteiger partial charge in [0.1, 0.15) is 0 Å². The van der Waals surface area contributed by atoms with Gasteiger partial charge in [0.25, 0.3) is 0 Å². The third-order valence-electron chi connectivity index (χ3n) is 2.82. The van der Waals surface area contributed by atoms with E-state index < -0.39 is 0 Å². The summed E-state index contributed by atoms with van der Waals surface area (Å²) >= 11 is 12.2. The Bertz CT molecular complexity index is 544. The van der Waals surface area contributed by atoms with Gasteiger partial charge >= 0.3 is 0 Å². The zero-order chi connectivity index (χ0) is 10.4. The molecule has 3 rings (SSSR count). The van der Waals surface area contributed by atoms with Gasteiger partial charge in [0.2, 0.25) is 0 Å². The molecule has 0 atom stereocenters. The van der Waals surface area contributed by atoms with Gasteiger partial charge in [-0.05, 0) is 41.3 Å². The Morgan fingerprint density at radius 2 is 1.80 bits per heavy atom. The Kier molecular flexibility index (Phi) is 2.01. The van der Waals surface area contributed by atoms with E-state index in [0.717, 1.165) is 16.5 Å². The fourth-order valence-corrected chi connectivity index (χ4v) is 2.67. The lowest BCUT2D eigenvalue weighted by molar-refractivity contribution is 1.26. The second kappa shape index (κ2) is 3.26. The average Bonchev–Trinajstić information content (AvgIpc) is 2.56. The molecule has 0 unspecified atom stereocenters. The van der Waals surface area contributed by atoms with Crippen molar-refractivity contribution in [3.63, 3.8) is 0 Å². The third-order valence-corrected chi connectivity index (χ3v) is 3.37. The average molecular weight is 235 g/mol. The minimum atomic E-state index is 0.790. The number of hydrogen-bond acceptors (Lipinski definition) is 0. The maximum Gasteiger partial charge on any atom is 0.0487 e. The summed E-state index contributed by atoms with van der Waals surface area (Å²) in [6, 6.07) is 12.0. The normalized spacial score (nSPS) is 12.4. The number of fused-ring (bicyclic) bond motifs is 3. The first-order valence-corrected chi connectivity index (χ1v) is 5.57. The van der Waals surface area contributed by atoms with Gasteiger partial charge < -0.3 is 0 Å². The minimum absolute atomic E-state index is 0.790. The smallest absolute Gasteiger partial charge is 0.0487 e. The number of benzene rings is 2. The third kappa shape index (κ3) is 1.37. The largest absolute Gasteiger partial charge is 0.0843 e. The molecule has 0 radical (unpaired) electrons. The number of halogens is 2. The van der Waals surface area contributed by atoms with E-state index in [0.29, 0.717) is 0 Å². The molecule has 0 heterocycles. The molecule has 0 saturated heterocycles. The molecular formula is C13H8Cl2. The van der Waals surface area contributed by atoms with Crippen LogP contribution in [0.2, 0.25) is 10.0 Å². The molecule has 74 valence electrons. The summed E-state index contributed by atoms with van der Waals surface area (Å²) in [6.07, 6.45) is 0.936. The van der Waals surface area contributed by atoms with Gasteiger partial charge in [0, 0.05) is 15.6 Å². The van der Waals surface area contributed by atoms with Crippen LogP contribution in [-0.2, 0) is 6.42 Å². The van der Waals surface area contributed by atoms with E-state index in [9.17, 15) is 0 Å². The Balaban J connectivity index is 2.31. The van der Waals surface area contributed by atoms with Gasteiger partial charge in [-0.25, -0.2) is 0 Å². The number of hydrogen-bond donors (Lipinski definition) is 0. The zero-order valence-electron chi connectivity index (χ0n) is 7.93. The highest BCUT2D eigenvalue weighted by Gasteiger charge is 2.20. The molecule has 2 aromatic rings. The van der Waals surface area contributed by atoms with E-state index in [1.807, 2.05) is 24.3 Å². The topological polar surface area (TPSA) is 0 Å². The SMILES string of the molecule is Clc1ccc2c(c1)Cc1cccc(Cl)c1-2. The first-order valence-electron chi connectivity index (χ1n) is 4.82. The van der Waals surface area contributed by atoms with Crippen LogP contribution in [0.5, 0.6) is 0 Å². The van der Waals surface area contributed by atoms with Crippen LogP contribution in [0.1, 0.15) is 11.1 Å². The van der Waals surface area contributed by atoms with Crippen LogP contribution in [-0.4, -0.2) is 0 Å². The molecule has 0 spiro atoms. The highest BCUT2D eigenvalue weighted by atomic mass is 35.5. The lowest BCUT2D eigenvalue weighted by Crippen LogP contribution is -1.78. The van der Waals surface area contributed by atoms with Crippen molar-refractivity contribution in [3.05, 3.63) is 57.6 Å². The summed E-state index contributed by atoms with van der Waals surface area (Å²) in [5, 5.41) is 1.62. The summed E-state index contributed by atoms with van der Waals surface area (Å²) in [7, 11) is 0. The van der Waals surface area contributed by atoms with Crippen LogP contribution in [0.15, 0.2) is 36.4 Å². The molecule has 0 aliphatic heterocycles. The van der Waals surface area contributed by atoms with Gasteiger partial charge in [0.15, 0.2) is 0 Å². The molecule has 0 bridgehead atoms. The van der Waals surface area contributed by atoms with Crippen molar-refractivity contribution in [2.24, 2.45) is 0 Å². The highest BCUT2D eigenvalue weighted by Crippen LogP contribution is 2.41. The molecular weight excluding hydrogens is 227 g/mol. The Hall–Kier alpha value is -0.980. The van der Waals surface area contributed by atoms with Crippen molar-refractivity contribution in [2.75, 3.05) is 0 Å². The summed E-state index contributed by atoms with van der Waals surface area (Å²) in [6.45, 7) is 0. The van der Waals surface area contributed by atoms with E-state index in [2.05, 4.69) is 12.1 Å². The standard InChI is InChI=1S/C13H8Cl2/c14-10-4-5-11-9(7-10)6-8-2-1-3-12(15)13(8)11/h1-5,7H,6H2. The Morgan fingerprint density at radius 3 is 2.67 bits per heavy atom. The van der Waals surface area contributed by atoms with Crippen LogP contribution >= 0.6 is 23.2 Å². The molecule has 0 nitrogen and oxygen atoms in total. The van der Waals surface area contributed by atoms with Crippen LogP contribution in [0, 0.1) is 0 Å². The van der Waals surface area contributed by atoms with Crippen LogP contribution in [0.4, 0.5) is 0 Å². The van der Waals surface area contributed by atoms with E-state index in [-0.39, 0.29) is 0 Å². The van der Waals surface area contributed by atoms with Crippen LogP contribution in [0.3, 0.4) is 0 Å². The molecule has 0 N–H and O–H groups in total. The zero-order valence-corrected chi connectivity index (χ0v) is 9.44. The summed E-state index contributed by atoms with van der Waals surface area (Å²) in [5.41, 5.74) is 4.95. The molecule has 1 aliphatic rings. The molecule has 1 aliphatic carbocycles. The summed E-state index contributed by atoms with van der Waals surface area (Å²) in [5.74, 6) is 0. The van der Waals surface area contributed by atoms with Gasteiger partial charge in [-0.3, -0.25) is 0 Å². The van der Waals surface area contributed by atoms with Crippen molar-refractivity contribution in [1.29, 1.82) is 0 Å². The van der Waals surface area contributed by atoms with E-state index >= 15 is 0 Å². The minimum Gasteiger partial charge on any atom is -0.0843 e. The van der Waals surface area contributed by atoms with Crippen molar-refractivity contribution in [2.45, 2.75) is 6.42 Å². The molecule has 2 heteroatoms. The molecule has 0 amide bonds. The Morgan fingerprint density at radius 1 is 0.933 bits per heavy atom. The summed E-state index contributed by atoms with van der Waals surface area (Å²) < 4.78 is 0. The van der Waals surface area contributed by atoms with Crippen LogP contribution < -0.4 is 0 Å². The lowest BCUT2D eigenvalue weighted by atomic mass is 10.1. The predicted molar refractivity (Wildman–Crippen MR) is 64.7 cm³/mol. The molecule has 0 saturated carbocycles. The van der Waals surface area contributed by atoms with E-state index in [1.165, 1.54) is 22.3 Å². The Labute approximate surface area is 98.5 Å². The molecule has 0 fully saturated rings. The van der Waals surface area contributed by atoms with E-state index in [1.54, 1.807) is 0 Å². The fraction of sp³-hybridized carbons (Fsp3) is 0.0769. The summed E-state index contributed by atoms with van der Waals surface area (Å²) in [4.78, 5) is 0. The molecule has 15 heavy (non-hydrogen) atoms. The number of rotatable bonds is 0. The van der Waals surface area contributed by atoms with Crippen molar-refractivity contribution in [3.8, 4) is 11.1 Å². The second-order valence-electron chi connectivity index (χ2n) is 3.75. The van der Waals surface area contributed by atoms with Crippen molar-refractivity contribution < 1.29 is 0 Å². The fourth-order valence-electron chi connectivity index (χ4n) is 2.18. The van der Waals surface area contributed by atoms with Crippen LogP contribution in [0.25, 0.3) is 11.1 Å². The monoisotopic (exact) mass is 234 g/mol. The van der Waals surface area contributed by atoms with Crippen molar-refractivity contribution >= 4 is 23.2 Å². The lowest BCUT2D eigenvalue weighted by Gasteiger charge is -2.03. The van der Waals surface area contributed by atoms with Gasteiger partial charge in [-0.1, -0.05) is 41.4 Å². The quantitative estimate of drug-likeness (QED) is 0.535. The van der Waals surface area contributed by atoms with Gasteiger partial charge in [0.05, 0.1) is 0 Å².